The highest BCUT2D eigenvalue weighted by Gasteiger charge is 2.39. The van der Waals surface area contributed by atoms with Crippen molar-refractivity contribution in [3.8, 4) is 6.07 Å². The fraction of sp³-hybridized carbons (Fsp3) is 0.800. The number of carbonyl (C=O) groups excluding carboxylic acids is 1. The van der Waals surface area contributed by atoms with E-state index in [4.69, 9.17) is 5.26 Å². The fourth-order valence-electron chi connectivity index (χ4n) is 1.86. The van der Waals surface area contributed by atoms with Crippen LogP contribution in [0.5, 0.6) is 0 Å². The van der Waals surface area contributed by atoms with E-state index >= 15 is 0 Å². The Morgan fingerprint density at radius 3 is 2.36 bits per heavy atom. The topological polar surface area (TPSA) is 56.1 Å². The molecular weight excluding hydrogens is 178 g/mol. The first kappa shape index (κ1) is 11.0. The fourth-order valence-corrected chi connectivity index (χ4v) is 1.86. The smallest absolute Gasteiger partial charge is 0.254 e. The molecule has 1 amide bonds. The third-order valence-corrected chi connectivity index (χ3v) is 2.68. The predicted octanol–water partition coefficient (Wildman–Crippen LogP) is 1.05. The SMILES string of the molecule is CN(C)NC(=O)C1(C#N)CCCCC1. The minimum atomic E-state index is -0.775. The van der Waals surface area contributed by atoms with Gasteiger partial charge in [0.25, 0.3) is 5.91 Å². The molecule has 14 heavy (non-hydrogen) atoms. The molecule has 0 unspecified atom stereocenters. The van der Waals surface area contributed by atoms with Crippen molar-refractivity contribution in [3.05, 3.63) is 0 Å². The van der Waals surface area contributed by atoms with Gasteiger partial charge in [-0.3, -0.25) is 10.2 Å². The molecule has 0 heterocycles. The van der Waals surface area contributed by atoms with Crippen LogP contribution in [0.3, 0.4) is 0 Å². The van der Waals surface area contributed by atoms with E-state index in [2.05, 4.69) is 11.5 Å². The summed E-state index contributed by atoms with van der Waals surface area (Å²) in [4.78, 5) is 11.8. The molecule has 1 N–H and O–H groups in total. The number of hydrogen-bond acceptors (Lipinski definition) is 3. The van der Waals surface area contributed by atoms with Crippen molar-refractivity contribution in [1.29, 1.82) is 5.26 Å². The minimum Gasteiger partial charge on any atom is -0.288 e. The Bertz CT molecular complexity index is 249. The summed E-state index contributed by atoms with van der Waals surface area (Å²) in [6, 6.07) is 2.18. The maximum absolute atomic E-state index is 11.8. The highest BCUT2D eigenvalue weighted by molar-refractivity contribution is 5.85. The first-order valence-electron chi connectivity index (χ1n) is 5.00. The maximum atomic E-state index is 11.8. The lowest BCUT2D eigenvalue weighted by molar-refractivity contribution is -0.133. The van der Waals surface area contributed by atoms with Gasteiger partial charge in [-0.2, -0.15) is 5.26 Å². The van der Waals surface area contributed by atoms with Crippen molar-refractivity contribution in [3.63, 3.8) is 0 Å². The molecule has 0 spiro atoms. The number of hydrogen-bond donors (Lipinski definition) is 1. The molecule has 1 rings (SSSR count). The summed E-state index contributed by atoms with van der Waals surface area (Å²) in [6.07, 6.45) is 4.49. The molecule has 0 bridgehead atoms. The minimum absolute atomic E-state index is 0.148. The van der Waals surface area contributed by atoms with E-state index in [9.17, 15) is 4.79 Å². The molecule has 0 radical (unpaired) electrons. The Labute approximate surface area is 84.9 Å². The second kappa shape index (κ2) is 4.43. The number of nitriles is 1. The molecule has 1 fully saturated rings. The number of rotatable bonds is 2. The summed E-state index contributed by atoms with van der Waals surface area (Å²) in [6.45, 7) is 0. The molecule has 0 aromatic heterocycles. The molecule has 0 saturated heterocycles. The lowest BCUT2D eigenvalue weighted by Gasteiger charge is -2.30. The zero-order valence-electron chi connectivity index (χ0n) is 8.84. The molecular formula is C10H17N3O. The number of carbonyl (C=O) groups is 1. The van der Waals surface area contributed by atoms with Crippen LogP contribution in [0.4, 0.5) is 0 Å². The molecule has 0 aromatic rings. The average Bonchev–Trinajstić information content (AvgIpc) is 2.18. The van der Waals surface area contributed by atoms with E-state index in [0.717, 1.165) is 19.3 Å². The normalized spacial score (nSPS) is 20.1. The van der Waals surface area contributed by atoms with E-state index in [1.54, 1.807) is 19.1 Å². The van der Waals surface area contributed by atoms with Gasteiger partial charge in [0.15, 0.2) is 0 Å². The molecule has 1 aliphatic rings. The van der Waals surface area contributed by atoms with Gasteiger partial charge < -0.3 is 0 Å². The van der Waals surface area contributed by atoms with Gasteiger partial charge in [-0.25, -0.2) is 5.01 Å². The van der Waals surface area contributed by atoms with Gasteiger partial charge in [0, 0.05) is 14.1 Å². The standard InChI is InChI=1S/C10H17N3O/c1-13(2)12-9(14)10(8-11)6-4-3-5-7-10/h3-7H2,1-2H3,(H,12,14). The lowest BCUT2D eigenvalue weighted by atomic mass is 9.74. The Hall–Kier alpha value is -1.08. The van der Waals surface area contributed by atoms with Crippen molar-refractivity contribution in [1.82, 2.24) is 10.4 Å². The van der Waals surface area contributed by atoms with Crippen LogP contribution in [0.1, 0.15) is 32.1 Å². The number of hydrazine groups is 1. The van der Waals surface area contributed by atoms with Crippen LogP contribution in [0.2, 0.25) is 0 Å². The first-order valence-corrected chi connectivity index (χ1v) is 5.00. The van der Waals surface area contributed by atoms with Crippen molar-refractivity contribution >= 4 is 5.91 Å². The Morgan fingerprint density at radius 1 is 1.36 bits per heavy atom. The van der Waals surface area contributed by atoms with Gasteiger partial charge in [-0.05, 0) is 12.8 Å². The Balaban J connectivity index is 2.69. The number of nitrogens with one attached hydrogen (secondary N) is 1. The van der Waals surface area contributed by atoms with Gasteiger partial charge in [0.2, 0.25) is 0 Å². The molecule has 4 nitrogen and oxygen atoms in total. The van der Waals surface area contributed by atoms with E-state index in [0.29, 0.717) is 12.8 Å². The quantitative estimate of drug-likeness (QED) is 0.670. The summed E-state index contributed by atoms with van der Waals surface area (Å²) >= 11 is 0. The second-order valence-electron chi connectivity index (χ2n) is 4.09. The third kappa shape index (κ3) is 2.24. The Kier molecular flexibility index (Phi) is 3.48. The summed E-state index contributed by atoms with van der Waals surface area (Å²) in [5.41, 5.74) is 1.90. The molecule has 0 aliphatic heterocycles. The van der Waals surface area contributed by atoms with Gasteiger partial charge in [0.05, 0.1) is 6.07 Å². The van der Waals surface area contributed by atoms with Crippen LogP contribution in [-0.4, -0.2) is 25.0 Å². The largest absolute Gasteiger partial charge is 0.288 e. The summed E-state index contributed by atoms with van der Waals surface area (Å²) in [7, 11) is 3.51. The van der Waals surface area contributed by atoms with Crippen LogP contribution in [0, 0.1) is 16.7 Å². The molecule has 0 atom stereocenters. The molecule has 78 valence electrons. The van der Waals surface area contributed by atoms with Crippen molar-refractivity contribution < 1.29 is 4.79 Å². The summed E-state index contributed by atoms with van der Waals surface area (Å²) < 4.78 is 0. The number of nitrogens with zero attached hydrogens (tertiary/aromatic N) is 2. The van der Waals surface area contributed by atoms with E-state index in [1.807, 2.05) is 0 Å². The molecule has 4 heteroatoms. The van der Waals surface area contributed by atoms with Crippen LogP contribution < -0.4 is 5.43 Å². The van der Waals surface area contributed by atoms with Crippen LogP contribution in [0.15, 0.2) is 0 Å². The van der Waals surface area contributed by atoms with Crippen molar-refractivity contribution in [2.75, 3.05) is 14.1 Å². The van der Waals surface area contributed by atoms with Crippen LogP contribution in [-0.2, 0) is 4.79 Å². The average molecular weight is 195 g/mol. The summed E-state index contributed by atoms with van der Waals surface area (Å²) in [5, 5.41) is 10.7. The highest BCUT2D eigenvalue weighted by Crippen LogP contribution is 2.35. The second-order valence-corrected chi connectivity index (χ2v) is 4.09. The van der Waals surface area contributed by atoms with Gasteiger partial charge in [0.1, 0.15) is 5.41 Å². The zero-order chi connectivity index (χ0) is 10.6. The van der Waals surface area contributed by atoms with E-state index < -0.39 is 5.41 Å². The van der Waals surface area contributed by atoms with Crippen LogP contribution >= 0.6 is 0 Å². The van der Waals surface area contributed by atoms with Gasteiger partial charge in [-0.15, -0.1) is 0 Å². The maximum Gasteiger partial charge on any atom is 0.254 e. The van der Waals surface area contributed by atoms with E-state index in [1.165, 1.54) is 0 Å². The van der Waals surface area contributed by atoms with Crippen molar-refractivity contribution in [2.45, 2.75) is 32.1 Å². The predicted molar refractivity (Wildman–Crippen MR) is 53.0 cm³/mol. The van der Waals surface area contributed by atoms with E-state index in [-0.39, 0.29) is 5.91 Å². The van der Waals surface area contributed by atoms with Gasteiger partial charge in [-0.1, -0.05) is 19.3 Å². The van der Waals surface area contributed by atoms with Crippen molar-refractivity contribution in [2.24, 2.45) is 5.41 Å². The first-order chi connectivity index (χ1) is 6.60. The molecule has 0 aromatic carbocycles. The highest BCUT2D eigenvalue weighted by atomic mass is 16.2. The zero-order valence-corrected chi connectivity index (χ0v) is 8.84. The Morgan fingerprint density at radius 2 is 1.93 bits per heavy atom. The number of amides is 1. The van der Waals surface area contributed by atoms with Gasteiger partial charge >= 0.3 is 0 Å². The lowest BCUT2D eigenvalue weighted by Crippen LogP contribution is -2.46. The monoisotopic (exact) mass is 195 g/mol. The molecule has 1 saturated carbocycles. The molecule has 1 aliphatic carbocycles. The van der Waals surface area contributed by atoms with Crippen LogP contribution in [0.25, 0.3) is 0 Å². The third-order valence-electron chi connectivity index (χ3n) is 2.68. The summed E-state index contributed by atoms with van der Waals surface area (Å²) in [5.74, 6) is -0.148.